The van der Waals surface area contributed by atoms with Gasteiger partial charge < -0.3 is 4.74 Å². The Bertz CT molecular complexity index is 727. The van der Waals surface area contributed by atoms with Crippen LogP contribution in [-0.2, 0) is 4.74 Å². The molecule has 122 valence electrons. The van der Waals surface area contributed by atoms with Crippen molar-refractivity contribution in [3.05, 3.63) is 51.0 Å². The zero-order valence-electron chi connectivity index (χ0n) is 13.4. The Morgan fingerprint density at radius 3 is 2.48 bits per heavy atom. The number of carbonyl (C=O) groups excluding carboxylic acids is 1. The molecule has 0 aliphatic carbocycles. The first kappa shape index (κ1) is 17.9. The Labute approximate surface area is 153 Å². The molecule has 1 aromatic heterocycles. The Morgan fingerprint density at radius 1 is 1.17 bits per heavy atom. The van der Waals surface area contributed by atoms with Gasteiger partial charge in [0.2, 0.25) is 0 Å². The summed E-state index contributed by atoms with van der Waals surface area (Å²) >= 11 is 6.94. The van der Waals surface area contributed by atoms with Crippen LogP contribution in [0.1, 0.15) is 26.3 Å². The third-order valence-electron chi connectivity index (χ3n) is 2.86. The Morgan fingerprint density at radius 2 is 1.87 bits per heavy atom. The van der Waals surface area contributed by atoms with Gasteiger partial charge in [0.1, 0.15) is 11.4 Å². The molecule has 0 fully saturated rings. The summed E-state index contributed by atoms with van der Waals surface area (Å²) in [5.41, 5.74) is 1.07. The molecule has 0 aliphatic heterocycles. The van der Waals surface area contributed by atoms with Crippen molar-refractivity contribution in [1.29, 1.82) is 0 Å². The van der Waals surface area contributed by atoms with Crippen molar-refractivity contribution in [3.8, 4) is 0 Å². The van der Waals surface area contributed by atoms with Crippen molar-refractivity contribution >= 4 is 49.5 Å². The van der Waals surface area contributed by atoms with E-state index in [2.05, 4.69) is 36.8 Å². The van der Waals surface area contributed by atoms with Crippen LogP contribution >= 0.6 is 31.9 Å². The standard InChI is InChI=1S/C17H18Br2N2O2/c1-11-7-8-20-15(9-11)21(16(22)23-17(2,3)4)14-10-12(18)5-6-13(14)19/h5-10H,1-4H3. The summed E-state index contributed by atoms with van der Waals surface area (Å²) in [7, 11) is 0. The van der Waals surface area contributed by atoms with Crippen LogP contribution in [0, 0.1) is 6.92 Å². The van der Waals surface area contributed by atoms with Gasteiger partial charge in [-0.05, 0) is 79.5 Å². The number of carbonyl (C=O) groups is 1. The average Bonchev–Trinajstić information content (AvgIpc) is 2.41. The zero-order valence-corrected chi connectivity index (χ0v) is 16.6. The number of ether oxygens (including phenoxy) is 1. The minimum absolute atomic E-state index is 0.477. The van der Waals surface area contributed by atoms with Crippen LogP contribution in [0.5, 0.6) is 0 Å². The normalized spacial score (nSPS) is 11.2. The number of rotatable bonds is 2. The highest BCUT2D eigenvalue weighted by atomic mass is 79.9. The smallest absolute Gasteiger partial charge is 0.420 e. The van der Waals surface area contributed by atoms with E-state index < -0.39 is 11.7 Å². The third-order valence-corrected chi connectivity index (χ3v) is 4.02. The van der Waals surface area contributed by atoms with Gasteiger partial charge in [-0.1, -0.05) is 15.9 Å². The number of aryl methyl sites for hydroxylation is 1. The van der Waals surface area contributed by atoms with E-state index in [1.165, 1.54) is 4.90 Å². The lowest BCUT2D eigenvalue weighted by Gasteiger charge is -2.27. The van der Waals surface area contributed by atoms with E-state index in [-0.39, 0.29) is 0 Å². The summed E-state index contributed by atoms with van der Waals surface area (Å²) in [5, 5.41) is 0. The van der Waals surface area contributed by atoms with Gasteiger partial charge in [0, 0.05) is 15.1 Å². The van der Waals surface area contributed by atoms with Crippen LogP contribution in [0.15, 0.2) is 45.5 Å². The van der Waals surface area contributed by atoms with Crippen molar-refractivity contribution in [1.82, 2.24) is 4.98 Å². The molecule has 1 amide bonds. The van der Waals surface area contributed by atoms with E-state index in [0.29, 0.717) is 11.5 Å². The monoisotopic (exact) mass is 440 g/mol. The topological polar surface area (TPSA) is 42.4 Å². The second-order valence-corrected chi connectivity index (χ2v) is 7.87. The lowest BCUT2D eigenvalue weighted by Crippen LogP contribution is -2.34. The molecule has 0 unspecified atom stereocenters. The number of pyridine rings is 1. The lowest BCUT2D eigenvalue weighted by molar-refractivity contribution is 0.0598. The number of benzene rings is 1. The molecule has 23 heavy (non-hydrogen) atoms. The van der Waals surface area contributed by atoms with Crippen LogP contribution in [-0.4, -0.2) is 16.7 Å². The minimum Gasteiger partial charge on any atom is -0.443 e. The number of hydrogen-bond acceptors (Lipinski definition) is 3. The molecule has 4 nitrogen and oxygen atoms in total. The van der Waals surface area contributed by atoms with Crippen molar-refractivity contribution in [2.75, 3.05) is 4.90 Å². The molecule has 0 radical (unpaired) electrons. The molecule has 0 aliphatic rings. The fraction of sp³-hybridized carbons (Fsp3) is 0.294. The summed E-state index contributed by atoms with van der Waals surface area (Å²) in [6.45, 7) is 7.46. The molecule has 0 bridgehead atoms. The molecule has 0 N–H and O–H groups in total. The Kier molecular flexibility index (Phi) is 5.47. The Hall–Kier alpha value is -1.40. The van der Waals surface area contributed by atoms with Gasteiger partial charge >= 0.3 is 6.09 Å². The third kappa shape index (κ3) is 4.78. The second-order valence-electron chi connectivity index (χ2n) is 6.10. The summed E-state index contributed by atoms with van der Waals surface area (Å²) in [5.74, 6) is 0.512. The predicted molar refractivity (Wildman–Crippen MR) is 99.2 cm³/mol. The van der Waals surface area contributed by atoms with E-state index in [1.54, 1.807) is 6.20 Å². The summed E-state index contributed by atoms with van der Waals surface area (Å²) in [4.78, 5) is 18.6. The second kappa shape index (κ2) is 7.01. The van der Waals surface area contributed by atoms with Gasteiger partial charge in [0.25, 0.3) is 0 Å². The molecule has 0 saturated carbocycles. The van der Waals surface area contributed by atoms with Gasteiger partial charge in [-0.2, -0.15) is 0 Å². The number of nitrogens with zero attached hydrogens (tertiary/aromatic N) is 2. The van der Waals surface area contributed by atoms with E-state index in [1.807, 2.05) is 58.0 Å². The van der Waals surface area contributed by atoms with E-state index in [9.17, 15) is 4.79 Å². The van der Waals surface area contributed by atoms with Crippen molar-refractivity contribution < 1.29 is 9.53 Å². The minimum atomic E-state index is -0.600. The first-order valence-electron chi connectivity index (χ1n) is 7.08. The van der Waals surface area contributed by atoms with Crippen molar-refractivity contribution in [2.24, 2.45) is 0 Å². The highest BCUT2D eigenvalue weighted by molar-refractivity contribution is 9.11. The quantitative estimate of drug-likeness (QED) is 0.574. The number of hydrogen-bond donors (Lipinski definition) is 0. The molecule has 0 saturated heterocycles. The van der Waals surface area contributed by atoms with Crippen LogP contribution in [0.2, 0.25) is 0 Å². The first-order valence-corrected chi connectivity index (χ1v) is 8.67. The first-order chi connectivity index (χ1) is 10.7. The number of halogens is 2. The molecule has 1 heterocycles. The summed E-state index contributed by atoms with van der Waals surface area (Å²) in [6, 6.07) is 9.33. The predicted octanol–water partition coefficient (Wildman–Crippen LogP) is 5.99. The Balaban J connectivity index is 2.55. The fourth-order valence-corrected chi connectivity index (χ4v) is 2.70. The van der Waals surface area contributed by atoms with Gasteiger partial charge in [-0.3, -0.25) is 0 Å². The molecule has 0 spiro atoms. The SMILES string of the molecule is Cc1ccnc(N(C(=O)OC(C)(C)C)c2cc(Br)ccc2Br)c1. The maximum atomic E-state index is 12.8. The zero-order chi connectivity index (χ0) is 17.2. The highest BCUT2D eigenvalue weighted by Crippen LogP contribution is 2.35. The molecule has 2 rings (SSSR count). The average molecular weight is 442 g/mol. The molecule has 1 aromatic carbocycles. The van der Waals surface area contributed by atoms with Crippen LogP contribution in [0.25, 0.3) is 0 Å². The lowest BCUT2D eigenvalue weighted by atomic mass is 10.2. The molecule has 2 aromatic rings. The number of aromatic nitrogens is 1. The molecular formula is C17H18Br2N2O2. The molecule has 6 heteroatoms. The fourth-order valence-electron chi connectivity index (χ4n) is 1.92. The maximum absolute atomic E-state index is 12.8. The van der Waals surface area contributed by atoms with Crippen molar-refractivity contribution in [3.63, 3.8) is 0 Å². The van der Waals surface area contributed by atoms with Crippen LogP contribution in [0.4, 0.5) is 16.3 Å². The van der Waals surface area contributed by atoms with E-state index >= 15 is 0 Å². The number of amides is 1. The number of anilines is 2. The van der Waals surface area contributed by atoms with Gasteiger partial charge in [-0.15, -0.1) is 0 Å². The van der Waals surface area contributed by atoms with Gasteiger partial charge in [-0.25, -0.2) is 14.7 Å². The largest absolute Gasteiger partial charge is 0.443 e. The van der Waals surface area contributed by atoms with E-state index in [0.717, 1.165) is 14.5 Å². The summed E-state index contributed by atoms with van der Waals surface area (Å²) < 4.78 is 7.19. The molecular weight excluding hydrogens is 424 g/mol. The highest BCUT2D eigenvalue weighted by Gasteiger charge is 2.27. The summed E-state index contributed by atoms with van der Waals surface area (Å²) in [6.07, 6.45) is 1.20. The van der Waals surface area contributed by atoms with Gasteiger partial charge in [0.05, 0.1) is 5.69 Å². The molecule has 0 atom stereocenters. The van der Waals surface area contributed by atoms with Crippen molar-refractivity contribution in [2.45, 2.75) is 33.3 Å². The van der Waals surface area contributed by atoms with Crippen LogP contribution in [0.3, 0.4) is 0 Å². The van der Waals surface area contributed by atoms with Gasteiger partial charge in [0.15, 0.2) is 0 Å². The van der Waals surface area contributed by atoms with Crippen LogP contribution < -0.4 is 4.90 Å². The van der Waals surface area contributed by atoms with E-state index in [4.69, 9.17) is 4.74 Å². The maximum Gasteiger partial charge on any atom is 0.420 e.